The number of thioether (sulfide) groups is 1. The molecule has 3 heteroatoms. The fourth-order valence-electron chi connectivity index (χ4n) is 0.827. The van der Waals surface area contributed by atoms with Gasteiger partial charge in [0.15, 0.2) is 0 Å². The first-order chi connectivity index (χ1) is 4.30. The standard InChI is InChI=1S/C6H11NOS/c1-5(8)6-4-9-3-2-7-6/h6-7H,2-4H2,1H3. The van der Waals surface area contributed by atoms with Crippen molar-refractivity contribution in [2.75, 3.05) is 18.1 Å². The Balaban J connectivity index is 2.31. The molecule has 1 rings (SSSR count). The lowest BCUT2D eigenvalue weighted by Gasteiger charge is -2.19. The third-order valence-electron chi connectivity index (χ3n) is 1.41. The first kappa shape index (κ1) is 7.09. The summed E-state index contributed by atoms with van der Waals surface area (Å²) in [5.74, 6) is 2.36. The molecule has 0 aromatic rings. The van der Waals surface area contributed by atoms with Gasteiger partial charge in [-0.1, -0.05) is 0 Å². The number of carbonyl (C=O) groups is 1. The maximum Gasteiger partial charge on any atom is 0.147 e. The fraction of sp³-hybridized carbons (Fsp3) is 0.833. The van der Waals surface area contributed by atoms with Gasteiger partial charge in [-0.05, 0) is 6.92 Å². The van der Waals surface area contributed by atoms with Gasteiger partial charge in [0.1, 0.15) is 5.78 Å². The number of rotatable bonds is 1. The highest BCUT2D eigenvalue weighted by atomic mass is 32.2. The smallest absolute Gasteiger partial charge is 0.147 e. The van der Waals surface area contributed by atoms with E-state index in [9.17, 15) is 4.79 Å². The molecule has 0 radical (unpaired) electrons. The van der Waals surface area contributed by atoms with E-state index in [0.717, 1.165) is 18.1 Å². The highest BCUT2D eigenvalue weighted by Crippen LogP contribution is 2.07. The summed E-state index contributed by atoms with van der Waals surface area (Å²) < 4.78 is 0. The molecule has 1 saturated heterocycles. The minimum absolute atomic E-state index is 0.128. The molecule has 1 unspecified atom stereocenters. The number of hydrogen-bond donors (Lipinski definition) is 1. The Morgan fingerprint density at radius 3 is 2.89 bits per heavy atom. The molecule has 0 aromatic carbocycles. The molecule has 0 amide bonds. The third kappa shape index (κ3) is 1.99. The van der Waals surface area contributed by atoms with Crippen LogP contribution in [-0.2, 0) is 4.79 Å². The maximum absolute atomic E-state index is 10.7. The van der Waals surface area contributed by atoms with Crippen LogP contribution in [0.1, 0.15) is 6.92 Å². The predicted octanol–water partition coefficient (Wildman–Crippen LogP) is 0.280. The van der Waals surface area contributed by atoms with Gasteiger partial charge >= 0.3 is 0 Å². The number of Topliss-reactive ketones (excluding diaryl/α,β-unsaturated/α-hetero) is 1. The minimum Gasteiger partial charge on any atom is -0.306 e. The van der Waals surface area contributed by atoms with Gasteiger partial charge in [-0.15, -0.1) is 0 Å². The molecule has 0 saturated carbocycles. The Morgan fingerprint density at radius 1 is 1.78 bits per heavy atom. The molecule has 1 aliphatic rings. The van der Waals surface area contributed by atoms with Crippen LogP contribution in [0, 0.1) is 0 Å². The van der Waals surface area contributed by atoms with Gasteiger partial charge in [0, 0.05) is 18.1 Å². The van der Waals surface area contributed by atoms with Gasteiger partial charge in [0.25, 0.3) is 0 Å². The zero-order valence-corrected chi connectivity index (χ0v) is 6.33. The highest BCUT2D eigenvalue weighted by molar-refractivity contribution is 7.99. The number of ketones is 1. The summed E-state index contributed by atoms with van der Waals surface area (Å²) in [5, 5.41) is 3.15. The van der Waals surface area contributed by atoms with E-state index in [1.54, 1.807) is 6.92 Å². The Bertz CT molecular complexity index is 110. The molecule has 1 N–H and O–H groups in total. The first-order valence-corrected chi connectivity index (χ1v) is 4.28. The zero-order valence-electron chi connectivity index (χ0n) is 5.52. The van der Waals surface area contributed by atoms with Gasteiger partial charge in [-0.3, -0.25) is 4.79 Å². The molecule has 0 bridgehead atoms. The van der Waals surface area contributed by atoms with Crippen LogP contribution in [0.4, 0.5) is 0 Å². The number of nitrogens with one attached hydrogen (secondary N) is 1. The topological polar surface area (TPSA) is 29.1 Å². The summed E-state index contributed by atoms with van der Waals surface area (Å²) in [6, 6.07) is 0.128. The Hall–Kier alpha value is -0.0200. The van der Waals surface area contributed by atoms with Crippen molar-refractivity contribution < 1.29 is 4.79 Å². The minimum atomic E-state index is 0.128. The number of hydrogen-bond acceptors (Lipinski definition) is 3. The van der Waals surface area contributed by atoms with E-state index in [1.165, 1.54) is 0 Å². The van der Waals surface area contributed by atoms with E-state index in [2.05, 4.69) is 5.32 Å². The second-order valence-electron chi connectivity index (χ2n) is 2.19. The van der Waals surface area contributed by atoms with E-state index < -0.39 is 0 Å². The van der Waals surface area contributed by atoms with Gasteiger partial charge in [0.05, 0.1) is 6.04 Å². The van der Waals surface area contributed by atoms with Crippen LogP contribution in [0.3, 0.4) is 0 Å². The molecule has 1 fully saturated rings. The van der Waals surface area contributed by atoms with Crippen LogP contribution in [0.25, 0.3) is 0 Å². The summed E-state index contributed by atoms with van der Waals surface area (Å²) in [6.07, 6.45) is 0. The fourth-order valence-corrected chi connectivity index (χ4v) is 1.84. The lowest BCUT2D eigenvalue weighted by atomic mass is 10.2. The quantitative estimate of drug-likeness (QED) is 0.574. The van der Waals surface area contributed by atoms with Crippen LogP contribution >= 0.6 is 11.8 Å². The van der Waals surface area contributed by atoms with Crippen molar-refractivity contribution in [1.82, 2.24) is 5.32 Å². The lowest BCUT2D eigenvalue weighted by Crippen LogP contribution is -2.42. The molecule has 1 aliphatic heterocycles. The highest BCUT2D eigenvalue weighted by Gasteiger charge is 2.15. The largest absolute Gasteiger partial charge is 0.306 e. The SMILES string of the molecule is CC(=O)C1CSCCN1. The molecule has 0 spiro atoms. The van der Waals surface area contributed by atoms with Crippen LogP contribution in [0.15, 0.2) is 0 Å². The van der Waals surface area contributed by atoms with Crippen LogP contribution in [0.5, 0.6) is 0 Å². The Morgan fingerprint density at radius 2 is 2.56 bits per heavy atom. The van der Waals surface area contributed by atoms with Crippen LogP contribution < -0.4 is 5.32 Å². The average Bonchev–Trinajstić information content (AvgIpc) is 1.90. The predicted molar refractivity (Wildman–Crippen MR) is 39.8 cm³/mol. The van der Waals surface area contributed by atoms with E-state index in [1.807, 2.05) is 11.8 Å². The van der Waals surface area contributed by atoms with Gasteiger partial charge in [-0.25, -0.2) is 0 Å². The molecule has 1 heterocycles. The molecule has 52 valence electrons. The van der Waals surface area contributed by atoms with Crippen molar-refractivity contribution in [3.8, 4) is 0 Å². The Labute approximate surface area is 59.4 Å². The van der Waals surface area contributed by atoms with Crippen molar-refractivity contribution in [2.45, 2.75) is 13.0 Å². The van der Waals surface area contributed by atoms with E-state index in [-0.39, 0.29) is 11.8 Å². The second kappa shape index (κ2) is 3.22. The molecule has 0 aromatic heterocycles. The second-order valence-corrected chi connectivity index (χ2v) is 3.34. The Kier molecular flexibility index (Phi) is 2.54. The van der Waals surface area contributed by atoms with Gasteiger partial charge < -0.3 is 5.32 Å². The van der Waals surface area contributed by atoms with Crippen molar-refractivity contribution in [1.29, 1.82) is 0 Å². The summed E-state index contributed by atoms with van der Waals surface area (Å²) in [6.45, 7) is 2.62. The van der Waals surface area contributed by atoms with Crippen molar-refractivity contribution in [2.24, 2.45) is 0 Å². The van der Waals surface area contributed by atoms with Crippen molar-refractivity contribution in [3.63, 3.8) is 0 Å². The van der Waals surface area contributed by atoms with Crippen molar-refractivity contribution >= 4 is 17.5 Å². The van der Waals surface area contributed by atoms with Crippen molar-refractivity contribution in [3.05, 3.63) is 0 Å². The molecule has 2 nitrogen and oxygen atoms in total. The summed E-state index contributed by atoms with van der Waals surface area (Å²) in [4.78, 5) is 10.7. The van der Waals surface area contributed by atoms with E-state index in [0.29, 0.717) is 0 Å². The van der Waals surface area contributed by atoms with Crippen LogP contribution in [0.2, 0.25) is 0 Å². The van der Waals surface area contributed by atoms with E-state index in [4.69, 9.17) is 0 Å². The average molecular weight is 145 g/mol. The van der Waals surface area contributed by atoms with Crippen LogP contribution in [-0.4, -0.2) is 29.9 Å². The lowest BCUT2D eigenvalue weighted by molar-refractivity contribution is -0.118. The molecule has 1 atom stereocenters. The molecule has 9 heavy (non-hydrogen) atoms. The summed E-state index contributed by atoms with van der Waals surface area (Å²) >= 11 is 1.85. The number of carbonyl (C=O) groups excluding carboxylic acids is 1. The monoisotopic (exact) mass is 145 g/mol. The van der Waals surface area contributed by atoms with E-state index >= 15 is 0 Å². The summed E-state index contributed by atoms with van der Waals surface area (Å²) in [7, 11) is 0. The molecular weight excluding hydrogens is 134 g/mol. The van der Waals surface area contributed by atoms with Gasteiger partial charge in [-0.2, -0.15) is 11.8 Å². The molecular formula is C6H11NOS. The zero-order chi connectivity index (χ0) is 6.69. The first-order valence-electron chi connectivity index (χ1n) is 3.12. The maximum atomic E-state index is 10.7. The summed E-state index contributed by atoms with van der Waals surface area (Å²) in [5.41, 5.74) is 0. The normalized spacial score (nSPS) is 27.9. The van der Waals surface area contributed by atoms with Gasteiger partial charge in [0.2, 0.25) is 0 Å². The molecule has 0 aliphatic carbocycles. The third-order valence-corrected chi connectivity index (χ3v) is 2.47.